The van der Waals surface area contributed by atoms with Crippen molar-refractivity contribution in [1.29, 1.82) is 0 Å². The lowest BCUT2D eigenvalue weighted by Crippen LogP contribution is -2.62. The van der Waals surface area contributed by atoms with Crippen LogP contribution >= 0.6 is 23.1 Å². The summed E-state index contributed by atoms with van der Waals surface area (Å²) in [4.78, 5) is 29.3. The topological polar surface area (TPSA) is 92.2 Å². The summed E-state index contributed by atoms with van der Waals surface area (Å²) in [6.45, 7) is 3.13. The molecule has 1 spiro atoms. The summed E-state index contributed by atoms with van der Waals surface area (Å²) in [5.41, 5.74) is 0.938. The molecule has 4 rings (SSSR count). The summed E-state index contributed by atoms with van der Waals surface area (Å²) in [5, 5.41) is 9.52. The second kappa shape index (κ2) is 6.75. The number of nitrogens with zero attached hydrogens (tertiary/aromatic N) is 6. The van der Waals surface area contributed by atoms with E-state index in [0.29, 0.717) is 12.8 Å². The largest absolute Gasteiger partial charge is 0.342 e. The summed E-state index contributed by atoms with van der Waals surface area (Å²) < 4.78 is 7.58. The van der Waals surface area contributed by atoms with Gasteiger partial charge in [-0.3, -0.25) is 9.59 Å². The van der Waals surface area contributed by atoms with Crippen molar-refractivity contribution in [2.45, 2.75) is 25.7 Å². The molecule has 2 aliphatic rings. The molecule has 132 valence electrons. The molecule has 0 atom stereocenters. The quantitative estimate of drug-likeness (QED) is 0.775. The van der Waals surface area contributed by atoms with E-state index in [4.69, 9.17) is 0 Å². The Hall–Kier alpha value is -1.94. The molecule has 2 saturated heterocycles. The Balaban J connectivity index is 1.24. The van der Waals surface area contributed by atoms with Crippen LogP contribution in [0.3, 0.4) is 0 Å². The van der Waals surface area contributed by atoms with Crippen LogP contribution in [0.25, 0.3) is 0 Å². The first-order valence-corrected chi connectivity index (χ1v) is 9.82. The molecule has 4 heterocycles. The van der Waals surface area contributed by atoms with Gasteiger partial charge in [-0.25, -0.2) is 0 Å². The van der Waals surface area contributed by atoms with E-state index in [1.807, 2.05) is 15.2 Å². The maximum absolute atomic E-state index is 12.3. The van der Waals surface area contributed by atoms with Crippen LogP contribution in [0.4, 0.5) is 0 Å². The van der Waals surface area contributed by atoms with Crippen LogP contribution in [-0.2, 0) is 22.4 Å². The van der Waals surface area contributed by atoms with Gasteiger partial charge in [-0.1, -0.05) is 8.98 Å². The minimum absolute atomic E-state index is 0.120. The van der Waals surface area contributed by atoms with E-state index < -0.39 is 0 Å². The lowest BCUT2D eigenvalue weighted by molar-refractivity contribution is -0.149. The fraction of sp³-hybridized carbons (Fsp3) is 0.600. The maximum atomic E-state index is 12.3. The molecule has 0 aromatic carbocycles. The Morgan fingerprint density at radius 1 is 1.08 bits per heavy atom. The highest BCUT2D eigenvalue weighted by atomic mass is 32.1. The minimum Gasteiger partial charge on any atom is -0.342 e. The summed E-state index contributed by atoms with van der Waals surface area (Å²) in [7, 11) is 0. The predicted molar refractivity (Wildman–Crippen MR) is 92.1 cm³/mol. The highest BCUT2D eigenvalue weighted by Gasteiger charge is 2.47. The maximum Gasteiger partial charge on any atom is 0.228 e. The molecule has 0 N–H and O–H groups in total. The summed E-state index contributed by atoms with van der Waals surface area (Å²) >= 11 is 2.54. The van der Waals surface area contributed by atoms with Gasteiger partial charge in [0, 0.05) is 37.0 Å². The molecular weight excluding hydrogens is 360 g/mol. The molecule has 0 radical (unpaired) electrons. The molecule has 0 unspecified atom stereocenters. The van der Waals surface area contributed by atoms with Crippen LogP contribution in [0.1, 0.15) is 23.4 Å². The van der Waals surface area contributed by atoms with Crippen molar-refractivity contribution in [1.82, 2.24) is 29.0 Å². The highest BCUT2D eigenvalue weighted by molar-refractivity contribution is 7.05. The average Bonchev–Trinajstić information content (AvgIpc) is 3.26. The van der Waals surface area contributed by atoms with Gasteiger partial charge in [-0.2, -0.15) is 0 Å². The van der Waals surface area contributed by atoms with Gasteiger partial charge in [0.1, 0.15) is 0 Å². The van der Waals surface area contributed by atoms with E-state index >= 15 is 0 Å². The first-order valence-electron chi connectivity index (χ1n) is 8.21. The number of hydrogen-bond acceptors (Lipinski definition) is 8. The number of amides is 2. The van der Waals surface area contributed by atoms with Gasteiger partial charge in [0.05, 0.1) is 29.6 Å². The van der Waals surface area contributed by atoms with Crippen LogP contribution in [0.15, 0.2) is 11.6 Å². The van der Waals surface area contributed by atoms with E-state index in [-0.39, 0.29) is 17.2 Å². The zero-order valence-electron chi connectivity index (χ0n) is 13.6. The third-order valence-corrected chi connectivity index (χ3v) is 6.27. The van der Waals surface area contributed by atoms with Gasteiger partial charge >= 0.3 is 0 Å². The number of aromatic nitrogens is 4. The molecule has 25 heavy (non-hydrogen) atoms. The Morgan fingerprint density at radius 3 is 2.48 bits per heavy atom. The minimum atomic E-state index is 0.120. The van der Waals surface area contributed by atoms with Gasteiger partial charge in [-0.15, -0.1) is 10.2 Å². The number of piperidine rings is 1. The molecule has 0 aliphatic carbocycles. The van der Waals surface area contributed by atoms with E-state index in [9.17, 15) is 9.59 Å². The molecule has 2 aliphatic heterocycles. The van der Waals surface area contributed by atoms with Crippen LogP contribution in [0.2, 0.25) is 0 Å². The Kier molecular flexibility index (Phi) is 4.46. The second-order valence-corrected chi connectivity index (χ2v) is 8.24. The van der Waals surface area contributed by atoms with E-state index in [2.05, 4.69) is 19.2 Å². The Bertz CT molecular complexity index is 732. The summed E-state index contributed by atoms with van der Waals surface area (Å²) in [6.07, 6.45) is 4.29. The predicted octanol–water partition coefficient (Wildman–Crippen LogP) is 0.626. The monoisotopic (exact) mass is 378 g/mol. The molecule has 2 fully saturated rings. The van der Waals surface area contributed by atoms with Crippen molar-refractivity contribution in [3.05, 3.63) is 22.1 Å². The van der Waals surface area contributed by atoms with Gasteiger partial charge in [0.25, 0.3) is 0 Å². The standard InChI is InChI=1S/C15H18N6O2S2/c22-13(5-11-8-24-19-17-11)21-9-15(10-21)1-3-20(4-2-15)14(23)6-12-7-16-18-25-12/h7-8H,1-6,9-10H2. The second-order valence-electron chi connectivity index (χ2n) is 6.76. The molecule has 0 saturated carbocycles. The van der Waals surface area contributed by atoms with E-state index in [0.717, 1.165) is 49.6 Å². The third-order valence-electron chi connectivity index (χ3n) is 5.05. The molecule has 2 aromatic heterocycles. The van der Waals surface area contributed by atoms with Gasteiger partial charge in [-0.05, 0) is 35.9 Å². The number of carbonyl (C=O) groups is 2. The van der Waals surface area contributed by atoms with Crippen LogP contribution in [-0.4, -0.2) is 67.0 Å². The van der Waals surface area contributed by atoms with Gasteiger partial charge < -0.3 is 9.80 Å². The molecule has 0 bridgehead atoms. The molecular formula is C15H18N6O2S2. The molecule has 2 aromatic rings. The lowest BCUT2D eigenvalue weighted by atomic mass is 9.72. The first-order chi connectivity index (χ1) is 12.1. The fourth-order valence-corrected chi connectivity index (χ4v) is 4.47. The zero-order valence-corrected chi connectivity index (χ0v) is 15.3. The Labute approximate surface area is 153 Å². The normalized spacial score (nSPS) is 19.0. The van der Waals surface area contributed by atoms with Crippen molar-refractivity contribution in [3.8, 4) is 0 Å². The van der Waals surface area contributed by atoms with Crippen LogP contribution in [0, 0.1) is 5.41 Å². The van der Waals surface area contributed by atoms with Crippen molar-refractivity contribution in [2.75, 3.05) is 26.2 Å². The summed E-state index contributed by atoms with van der Waals surface area (Å²) in [5.74, 6) is 0.263. The lowest BCUT2D eigenvalue weighted by Gasteiger charge is -2.54. The molecule has 8 nitrogen and oxygen atoms in total. The number of hydrogen-bond donors (Lipinski definition) is 0. The van der Waals surface area contributed by atoms with Crippen LogP contribution < -0.4 is 0 Å². The van der Waals surface area contributed by atoms with Crippen LogP contribution in [0.5, 0.6) is 0 Å². The highest BCUT2D eigenvalue weighted by Crippen LogP contribution is 2.40. The van der Waals surface area contributed by atoms with Crippen molar-refractivity contribution in [2.24, 2.45) is 5.41 Å². The van der Waals surface area contributed by atoms with Crippen molar-refractivity contribution >= 4 is 34.9 Å². The van der Waals surface area contributed by atoms with E-state index in [1.165, 1.54) is 23.1 Å². The Morgan fingerprint density at radius 2 is 1.84 bits per heavy atom. The number of carbonyl (C=O) groups excluding carboxylic acids is 2. The third kappa shape index (κ3) is 3.54. The van der Waals surface area contributed by atoms with Gasteiger partial charge in [0.15, 0.2) is 0 Å². The van der Waals surface area contributed by atoms with Gasteiger partial charge in [0.2, 0.25) is 11.8 Å². The smallest absolute Gasteiger partial charge is 0.228 e. The first kappa shape index (κ1) is 16.5. The zero-order chi connectivity index (χ0) is 17.3. The number of likely N-dealkylation sites (tertiary alicyclic amines) is 2. The fourth-order valence-electron chi connectivity index (χ4n) is 3.54. The average molecular weight is 378 g/mol. The molecule has 2 amide bonds. The number of rotatable bonds is 4. The SMILES string of the molecule is O=C(Cc1cnns1)N1CCC2(CC1)CN(C(=O)Cc1csnn1)C2. The van der Waals surface area contributed by atoms with Crippen molar-refractivity contribution in [3.63, 3.8) is 0 Å². The molecule has 10 heteroatoms. The van der Waals surface area contributed by atoms with Crippen molar-refractivity contribution < 1.29 is 9.59 Å². The van der Waals surface area contributed by atoms with E-state index in [1.54, 1.807) is 6.20 Å². The summed E-state index contributed by atoms with van der Waals surface area (Å²) in [6, 6.07) is 0.